The van der Waals surface area contributed by atoms with Gasteiger partial charge in [-0.15, -0.1) is 0 Å². The number of nitrogens with zero attached hydrogens (tertiary/aromatic N) is 1. The van der Waals surface area contributed by atoms with E-state index in [0.29, 0.717) is 11.6 Å². The van der Waals surface area contributed by atoms with E-state index in [0.717, 1.165) is 0 Å². The standard InChI is InChI=1S/C6H8N2O3S/c1-11-6-5(8-12(9)10)3-2-4-7-6/h2-4,8H,1H3,(H,9,10). The van der Waals surface area contributed by atoms with Gasteiger partial charge in [-0.1, -0.05) is 0 Å². The lowest BCUT2D eigenvalue weighted by molar-refractivity contribution is 0.400. The summed E-state index contributed by atoms with van der Waals surface area (Å²) in [7, 11) is 1.44. The lowest BCUT2D eigenvalue weighted by Gasteiger charge is -2.04. The van der Waals surface area contributed by atoms with Crippen molar-refractivity contribution in [2.75, 3.05) is 11.8 Å². The van der Waals surface area contributed by atoms with Crippen molar-refractivity contribution in [3.63, 3.8) is 0 Å². The Labute approximate surface area is 72.2 Å². The van der Waals surface area contributed by atoms with E-state index in [4.69, 9.17) is 9.29 Å². The van der Waals surface area contributed by atoms with Crippen LogP contribution in [0.15, 0.2) is 18.3 Å². The van der Waals surface area contributed by atoms with Gasteiger partial charge in [-0.05, 0) is 12.1 Å². The molecule has 0 aliphatic carbocycles. The fourth-order valence-electron chi connectivity index (χ4n) is 0.725. The Bertz CT molecular complexity index is 292. The highest BCUT2D eigenvalue weighted by atomic mass is 32.2. The van der Waals surface area contributed by atoms with Crippen LogP contribution in [0.2, 0.25) is 0 Å². The van der Waals surface area contributed by atoms with Crippen LogP contribution in [-0.4, -0.2) is 20.9 Å². The van der Waals surface area contributed by atoms with E-state index in [1.54, 1.807) is 12.1 Å². The molecule has 1 heterocycles. The summed E-state index contributed by atoms with van der Waals surface area (Å²) in [4.78, 5) is 3.82. The summed E-state index contributed by atoms with van der Waals surface area (Å²) in [5.74, 6) is 0.292. The van der Waals surface area contributed by atoms with Crippen molar-refractivity contribution in [3.05, 3.63) is 18.3 Å². The zero-order valence-electron chi connectivity index (χ0n) is 6.35. The van der Waals surface area contributed by atoms with Crippen LogP contribution in [0.5, 0.6) is 5.88 Å². The van der Waals surface area contributed by atoms with Crippen molar-refractivity contribution in [2.24, 2.45) is 0 Å². The summed E-state index contributed by atoms with van der Waals surface area (Å²) in [6.07, 6.45) is 1.53. The van der Waals surface area contributed by atoms with Crippen LogP contribution in [0.3, 0.4) is 0 Å². The van der Waals surface area contributed by atoms with Gasteiger partial charge in [-0.25, -0.2) is 9.19 Å². The molecule has 6 heteroatoms. The fourth-order valence-corrected chi connectivity index (χ4v) is 1.07. The van der Waals surface area contributed by atoms with Gasteiger partial charge in [0, 0.05) is 6.20 Å². The molecule has 2 N–H and O–H groups in total. The number of aromatic nitrogens is 1. The van der Waals surface area contributed by atoms with Crippen LogP contribution >= 0.6 is 0 Å². The molecular formula is C6H8N2O3S. The molecule has 0 aliphatic rings. The van der Waals surface area contributed by atoms with Crippen molar-refractivity contribution in [1.82, 2.24) is 4.98 Å². The maximum Gasteiger partial charge on any atom is 0.259 e. The zero-order valence-corrected chi connectivity index (χ0v) is 7.17. The lowest BCUT2D eigenvalue weighted by Crippen LogP contribution is -2.04. The molecule has 0 spiro atoms. The molecule has 12 heavy (non-hydrogen) atoms. The quantitative estimate of drug-likeness (QED) is 0.683. The zero-order chi connectivity index (χ0) is 8.97. The highest BCUT2D eigenvalue weighted by molar-refractivity contribution is 7.80. The molecule has 0 radical (unpaired) electrons. The van der Waals surface area contributed by atoms with E-state index >= 15 is 0 Å². The molecule has 5 nitrogen and oxygen atoms in total. The van der Waals surface area contributed by atoms with Gasteiger partial charge < -0.3 is 4.74 Å². The van der Waals surface area contributed by atoms with E-state index in [9.17, 15) is 4.21 Å². The van der Waals surface area contributed by atoms with Crippen molar-refractivity contribution < 1.29 is 13.5 Å². The van der Waals surface area contributed by atoms with Crippen LogP contribution in [-0.2, 0) is 11.3 Å². The topological polar surface area (TPSA) is 71.5 Å². The van der Waals surface area contributed by atoms with Gasteiger partial charge >= 0.3 is 0 Å². The molecule has 1 atom stereocenters. The highest BCUT2D eigenvalue weighted by Crippen LogP contribution is 2.19. The predicted molar refractivity (Wildman–Crippen MR) is 45.2 cm³/mol. The molecule has 66 valence electrons. The third-order valence-corrected chi connectivity index (χ3v) is 1.56. The molecule has 0 aromatic carbocycles. The van der Waals surface area contributed by atoms with Gasteiger partial charge in [-0.2, -0.15) is 0 Å². The normalized spacial score (nSPS) is 12.2. The third-order valence-electron chi connectivity index (χ3n) is 1.16. The average Bonchev–Trinajstić information content (AvgIpc) is 2.04. The molecule has 0 saturated heterocycles. The monoisotopic (exact) mass is 188 g/mol. The summed E-state index contributed by atoms with van der Waals surface area (Å²) in [6.45, 7) is 0. The molecule has 0 saturated carbocycles. The van der Waals surface area contributed by atoms with E-state index in [1.165, 1.54) is 13.3 Å². The minimum atomic E-state index is -2.10. The molecule has 1 aromatic heterocycles. The summed E-state index contributed by atoms with van der Waals surface area (Å²) in [5, 5.41) is 0. The van der Waals surface area contributed by atoms with E-state index < -0.39 is 11.3 Å². The number of ether oxygens (including phenoxy) is 1. The Morgan fingerprint density at radius 1 is 1.75 bits per heavy atom. The number of rotatable bonds is 3. The minimum Gasteiger partial charge on any atom is -0.480 e. The molecule has 0 aliphatic heterocycles. The number of pyridine rings is 1. The Balaban J connectivity index is 2.89. The van der Waals surface area contributed by atoms with Gasteiger partial charge in [0.2, 0.25) is 5.88 Å². The van der Waals surface area contributed by atoms with Crippen LogP contribution in [0.25, 0.3) is 0 Å². The van der Waals surface area contributed by atoms with Crippen molar-refractivity contribution in [1.29, 1.82) is 0 Å². The Morgan fingerprint density at radius 3 is 3.08 bits per heavy atom. The maximum absolute atomic E-state index is 10.4. The molecule has 0 fully saturated rings. The molecule has 0 bridgehead atoms. The van der Waals surface area contributed by atoms with Gasteiger partial charge in [-0.3, -0.25) is 9.27 Å². The minimum absolute atomic E-state index is 0.292. The molecule has 0 amide bonds. The van der Waals surface area contributed by atoms with Crippen LogP contribution in [0.1, 0.15) is 0 Å². The second-order valence-electron chi connectivity index (χ2n) is 1.91. The smallest absolute Gasteiger partial charge is 0.259 e. The number of hydrogen-bond donors (Lipinski definition) is 2. The summed E-state index contributed by atoms with van der Waals surface area (Å²) in [5.41, 5.74) is 0.390. The SMILES string of the molecule is COc1ncccc1NS(=O)O. The Morgan fingerprint density at radius 2 is 2.50 bits per heavy atom. The van der Waals surface area contributed by atoms with E-state index in [1.807, 2.05) is 0 Å². The maximum atomic E-state index is 10.4. The number of methoxy groups -OCH3 is 1. The number of anilines is 1. The molecule has 1 unspecified atom stereocenters. The summed E-state index contributed by atoms with van der Waals surface area (Å²) >= 11 is -2.10. The van der Waals surface area contributed by atoms with Crippen LogP contribution < -0.4 is 9.46 Å². The van der Waals surface area contributed by atoms with Crippen molar-refractivity contribution >= 4 is 17.0 Å². The second kappa shape index (κ2) is 4.03. The lowest BCUT2D eigenvalue weighted by atomic mass is 10.4. The first kappa shape index (κ1) is 8.95. The number of hydrogen-bond acceptors (Lipinski definition) is 3. The summed E-state index contributed by atoms with van der Waals surface area (Å²) in [6, 6.07) is 3.23. The Kier molecular flexibility index (Phi) is 3.01. The van der Waals surface area contributed by atoms with Crippen LogP contribution in [0, 0.1) is 0 Å². The molecular weight excluding hydrogens is 180 g/mol. The van der Waals surface area contributed by atoms with Crippen molar-refractivity contribution in [3.8, 4) is 5.88 Å². The van der Waals surface area contributed by atoms with Crippen LogP contribution in [0.4, 0.5) is 5.69 Å². The van der Waals surface area contributed by atoms with E-state index in [-0.39, 0.29) is 0 Å². The number of nitrogens with one attached hydrogen (secondary N) is 1. The van der Waals surface area contributed by atoms with Gasteiger partial charge in [0.05, 0.1) is 7.11 Å². The first-order valence-electron chi connectivity index (χ1n) is 3.10. The van der Waals surface area contributed by atoms with E-state index in [2.05, 4.69) is 9.71 Å². The third kappa shape index (κ3) is 2.18. The first-order chi connectivity index (χ1) is 5.74. The highest BCUT2D eigenvalue weighted by Gasteiger charge is 2.03. The largest absolute Gasteiger partial charge is 0.480 e. The van der Waals surface area contributed by atoms with Crippen molar-refractivity contribution in [2.45, 2.75) is 0 Å². The average molecular weight is 188 g/mol. The summed E-state index contributed by atoms with van der Waals surface area (Å²) < 4.78 is 25.9. The van der Waals surface area contributed by atoms with Gasteiger partial charge in [0.1, 0.15) is 5.69 Å². The van der Waals surface area contributed by atoms with Gasteiger partial charge in [0.15, 0.2) is 0 Å². The molecule has 1 rings (SSSR count). The predicted octanol–water partition coefficient (Wildman–Crippen LogP) is 0.639. The fraction of sp³-hybridized carbons (Fsp3) is 0.167. The van der Waals surface area contributed by atoms with Gasteiger partial charge in [0.25, 0.3) is 11.3 Å². The Hall–Kier alpha value is -1.14. The molecule has 1 aromatic rings. The first-order valence-corrected chi connectivity index (χ1v) is 4.21. The second-order valence-corrected chi connectivity index (χ2v) is 2.61.